The van der Waals surface area contributed by atoms with Crippen molar-refractivity contribution in [3.05, 3.63) is 60.3 Å². The lowest BCUT2D eigenvalue weighted by atomic mass is 9.93. The Balaban J connectivity index is 1.76. The first kappa shape index (κ1) is 16.5. The molecular weight excluding hydrogens is 338 g/mol. The van der Waals surface area contributed by atoms with Gasteiger partial charge in [-0.25, -0.2) is 13.8 Å². The Kier molecular flexibility index (Phi) is 3.68. The third-order valence-electron chi connectivity index (χ3n) is 4.27. The highest BCUT2D eigenvalue weighted by Gasteiger charge is 2.35. The summed E-state index contributed by atoms with van der Waals surface area (Å²) in [6.07, 6.45) is 6.83. The van der Waals surface area contributed by atoms with E-state index in [9.17, 15) is 8.78 Å². The van der Waals surface area contributed by atoms with Crippen LogP contribution in [-0.4, -0.2) is 21.9 Å². The van der Waals surface area contributed by atoms with Gasteiger partial charge < -0.3 is 9.32 Å². The van der Waals surface area contributed by atoms with Gasteiger partial charge in [-0.05, 0) is 30.4 Å². The number of allylic oxidation sites excluding steroid dienone is 2. The highest BCUT2D eigenvalue weighted by molar-refractivity contribution is 5.92. The zero-order chi connectivity index (χ0) is 18.5. The number of nitrogens with one attached hydrogen (secondary N) is 1. The predicted octanol–water partition coefficient (Wildman–Crippen LogP) is 4.12. The van der Waals surface area contributed by atoms with Gasteiger partial charge in [-0.15, -0.1) is 0 Å². The molecular formula is C19H18F2N4O. The van der Waals surface area contributed by atoms with Gasteiger partial charge in [-0.3, -0.25) is 5.43 Å². The van der Waals surface area contributed by atoms with Gasteiger partial charge in [-0.2, -0.15) is 5.10 Å². The number of hydrazone groups is 1. The van der Waals surface area contributed by atoms with Crippen molar-refractivity contribution in [3.8, 4) is 11.3 Å². The topological polar surface area (TPSA) is 53.7 Å². The molecule has 1 unspecified atom stereocenters. The Morgan fingerprint density at radius 2 is 2.04 bits per heavy atom. The van der Waals surface area contributed by atoms with Gasteiger partial charge in [-0.1, -0.05) is 20.8 Å². The number of hydrogen-bond donors (Lipinski definition) is 1. The normalized spacial score (nSPS) is 19.1. The van der Waals surface area contributed by atoms with E-state index in [0.717, 1.165) is 24.0 Å². The maximum atomic E-state index is 14.2. The Hall–Kier alpha value is -2.96. The van der Waals surface area contributed by atoms with E-state index in [4.69, 9.17) is 4.42 Å². The smallest absolute Gasteiger partial charge is 0.182 e. The lowest BCUT2D eigenvalue weighted by Gasteiger charge is -2.30. The molecule has 0 saturated carbocycles. The van der Waals surface area contributed by atoms with Crippen LogP contribution in [0, 0.1) is 17.0 Å². The summed E-state index contributed by atoms with van der Waals surface area (Å²) in [5, 5.41) is 4.41. The maximum absolute atomic E-state index is 14.2. The Morgan fingerprint density at radius 1 is 1.23 bits per heavy atom. The van der Waals surface area contributed by atoms with E-state index in [0.29, 0.717) is 11.3 Å². The predicted molar refractivity (Wildman–Crippen MR) is 94.6 cm³/mol. The highest BCUT2D eigenvalue weighted by Crippen LogP contribution is 2.34. The fraction of sp³-hybridized carbons (Fsp3) is 0.263. The molecule has 1 atom stereocenters. The summed E-state index contributed by atoms with van der Waals surface area (Å²) in [5.41, 5.74) is 3.94. The summed E-state index contributed by atoms with van der Waals surface area (Å²) >= 11 is 0. The summed E-state index contributed by atoms with van der Waals surface area (Å²) in [4.78, 5) is 6.11. The van der Waals surface area contributed by atoms with Gasteiger partial charge in [0.05, 0.1) is 0 Å². The van der Waals surface area contributed by atoms with Gasteiger partial charge in [0.25, 0.3) is 0 Å². The van der Waals surface area contributed by atoms with Crippen LogP contribution < -0.4 is 5.43 Å². The Labute approximate surface area is 149 Å². The third kappa shape index (κ3) is 2.69. The van der Waals surface area contributed by atoms with Gasteiger partial charge in [0, 0.05) is 22.8 Å². The van der Waals surface area contributed by atoms with E-state index in [1.807, 2.05) is 23.3 Å². The molecule has 134 valence electrons. The molecule has 2 aliphatic rings. The molecule has 0 bridgehead atoms. The zero-order valence-electron chi connectivity index (χ0n) is 14.6. The van der Waals surface area contributed by atoms with Crippen LogP contribution in [0.5, 0.6) is 0 Å². The zero-order valence-corrected chi connectivity index (χ0v) is 14.6. The van der Waals surface area contributed by atoms with Crippen molar-refractivity contribution in [3.63, 3.8) is 0 Å². The summed E-state index contributed by atoms with van der Waals surface area (Å²) < 4.78 is 33.3. The van der Waals surface area contributed by atoms with Gasteiger partial charge in [0.1, 0.15) is 29.3 Å². The van der Waals surface area contributed by atoms with Crippen molar-refractivity contribution < 1.29 is 13.2 Å². The van der Waals surface area contributed by atoms with Crippen LogP contribution >= 0.6 is 0 Å². The van der Waals surface area contributed by atoms with E-state index in [1.54, 1.807) is 0 Å². The molecule has 0 fully saturated rings. The standard InChI is InChI=1S/C19H18F2N4O/c1-19(2,3)18-24-23-15-7-4-11(9-25(15)18)17-16(22-10-26-17)13-8-12(20)5-6-14(13)21/h4-10,15,23H,1-3H3. The number of oxazole rings is 1. The average Bonchev–Trinajstić information content (AvgIpc) is 3.22. The minimum Gasteiger partial charge on any atom is -0.443 e. The molecule has 5 nitrogen and oxygen atoms in total. The Morgan fingerprint density at radius 3 is 2.81 bits per heavy atom. The molecule has 0 spiro atoms. The molecule has 0 amide bonds. The first-order valence-corrected chi connectivity index (χ1v) is 8.26. The van der Waals surface area contributed by atoms with E-state index in [1.165, 1.54) is 6.39 Å². The van der Waals surface area contributed by atoms with Crippen molar-refractivity contribution in [2.45, 2.75) is 26.9 Å². The van der Waals surface area contributed by atoms with E-state index < -0.39 is 11.6 Å². The minimum atomic E-state index is -0.556. The van der Waals surface area contributed by atoms with Crippen LogP contribution in [-0.2, 0) is 0 Å². The number of hydrogen-bond acceptors (Lipinski definition) is 5. The summed E-state index contributed by atoms with van der Waals surface area (Å²) in [6.45, 7) is 6.22. The second-order valence-electron chi connectivity index (χ2n) is 7.26. The first-order valence-electron chi connectivity index (χ1n) is 8.26. The third-order valence-corrected chi connectivity index (χ3v) is 4.27. The molecule has 0 saturated heterocycles. The molecule has 26 heavy (non-hydrogen) atoms. The van der Waals surface area contributed by atoms with Crippen molar-refractivity contribution in [2.24, 2.45) is 10.5 Å². The lowest BCUT2D eigenvalue weighted by molar-refractivity contribution is 0.411. The highest BCUT2D eigenvalue weighted by atomic mass is 19.1. The molecule has 1 N–H and O–H groups in total. The molecule has 0 radical (unpaired) electrons. The van der Waals surface area contributed by atoms with Crippen LogP contribution in [0.3, 0.4) is 0 Å². The van der Waals surface area contributed by atoms with E-state index >= 15 is 0 Å². The fourth-order valence-electron chi connectivity index (χ4n) is 3.05. The summed E-state index contributed by atoms with van der Waals surface area (Å²) in [5.74, 6) is 0.167. The van der Waals surface area contributed by atoms with Crippen molar-refractivity contribution >= 4 is 11.4 Å². The molecule has 4 rings (SSSR count). The number of benzene rings is 1. The molecule has 2 aliphatic heterocycles. The Bertz CT molecular complexity index is 953. The van der Waals surface area contributed by atoms with Crippen LogP contribution in [0.2, 0.25) is 0 Å². The monoisotopic (exact) mass is 356 g/mol. The number of rotatable bonds is 2. The van der Waals surface area contributed by atoms with Crippen LogP contribution in [0.15, 0.2) is 52.5 Å². The van der Waals surface area contributed by atoms with Crippen molar-refractivity contribution in [1.29, 1.82) is 0 Å². The molecule has 3 heterocycles. The molecule has 1 aromatic carbocycles. The fourth-order valence-corrected chi connectivity index (χ4v) is 3.05. The molecule has 2 aromatic rings. The number of nitrogens with zero attached hydrogens (tertiary/aromatic N) is 3. The SMILES string of the molecule is CC(C)(C)C1=NNC2C=CC(c3ocnc3-c3cc(F)ccc3F)=CN12. The number of aromatic nitrogens is 1. The van der Waals surface area contributed by atoms with Crippen LogP contribution in [0.1, 0.15) is 26.5 Å². The first-order chi connectivity index (χ1) is 12.3. The van der Waals surface area contributed by atoms with Crippen molar-refractivity contribution in [2.75, 3.05) is 0 Å². The van der Waals surface area contributed by atoms with Gasteiger partial charge >= 0.3 is 0 Å². The van der Waals surface area contributed by atoms with Gasteiger partial charge in [0.2, 0.25) is 0 Å². The summed E-state index contributed by atoms with van der Waals surface area (Å²) in [6, 6.07) is 3.27. The second kappa shape index (κ2) is 5.79. The van der Waals surface area contributed by atoms with Crippen LogP contribution in [0.25, 0.3) is 16.8 Å². The number of fused-ring (bicyclic) bond motifs is 1. The van der Waals surface area contributed by atoms with Gasteiger partial charge in [0.15, 0.2) is 12.2 Å². The average molecular weight is 356 g/mol. The minimum absolute atomic E-state index is 0.0643. The quantitative estimate of drug-likeness (QED) is 0.879. The molecule has 7 heteroatoms. The molecule has 0 aliphatic carbocycles. The largest absolute Gasteiger partial charge is 0.443 e. The molecule has 1 aromatic heterocycles. The second-order valence-corrected chi connectivity index (χ2v) is 7.26. The number of halogens is 2. The van der Waals surface area contributed by atoms with Crippen LogP contribution in [0.4, 0.5) is 8.78 Å². The maximum Gasteiger partial charge on any atom is 0.182 e. The number of amidine groups is 1. The van der Waals surface area contributed by atoms with E-state index in [2.05, 4.69) is 36.3 Å². The van der Waals surface area contributed by atoms with Crippen molar-refractivity contribution in [1.82, 2.24) is 15.3 Å². The lowest BCUT2D eigenvalue weighted by Crippen LogP contribution is -2.40. The summed E-state index contributed by atoms with van der Waals surface area (Å²) in [7, 11) is 0. The van der Waals surface area contributed by atoms with E-state index in [-0.39, 0.29) is 22.8 Å².